The van der Waals surface area contributed by atoms with Crippen LogP contribution in [-0.4, -0.2) is 17.5 Å². The number of hydrogen-bond acceptors (Lipinski definition) is 1. The lowest BCUT2D eigenvalue weighted by Gasteiger charge is -2.04. The van der Waals surface area contributed by atoms with E-state index in [4.69, 9.17) is 11.6 Å². The molecule has 0 atom stereocenters. The first kappa shape index (κ1) is 15.8. The van der Waals surface area contributed by atoms with Crippen LogP contribution in [0.4, 0.5) is 4.39 Å². The Kier molecular flexibility index (Phi) is 4.01. The van der Waals surface area contributed by atoms with E-state index in [0.717, 1.165) is 17.0 Å². The lowest BCUT2D eigenvalue weighted by molar-refractivity contribution is 0.626. The summed E-state index contributed by atoms with van der Waals surface area (Å²) in [6, 6.07) is 10.3. The molecule has 0 saturated carbocycles. The van der Waals surface area contributed by atoms with Crippen molar-refractivity contribution in [2.75, 3.05) is 0 Å². The average Bonchev–Trinajstić information content (AvgIpc) is 2.82. The molecule has 0 spiro atoms. The van der Waals surface area contributed by atoms with E-state index in [9.17, 15) is 4.39 Å². The summed E-state index contributed by atoms with van der Waals surface area (Å²) in [5.41, 5.74) is 6.36. The van der Waals surface area contributed by atoms with Gasteiger partial charge in [0.2, 0.25) is 0 Å². The highest BCUT2D eigenvalue weighted by atomic mass is 35.5. The van der Waals surface area contributed by atoms with Crippen molar-refractivity contribution in [3.8, 4) is 22.7 Å². The van der Waals surface area contributed by atoms with Crippen LogP contribution in [0.2, 0.25) is 24.7 Å². The molecule has 0 unspecified atom stereocenters. The molecule has 2 nitrogen and oxygen atoms in total. The van der Waals surface area contributed by atoms with Crippen molar-refractivity contribution in [1.29, 1.82) is 0 Å². The minimum Gasteiger partial charge on any atom is -0.292 e. The maximum Gasteiger partial charge on any atom is 0.141 e. The molecule has 1 aromatic carbocycles. The van der Waals surface area contributed by atoms with Gasteiger partial charge in [0.15, 0.2) is 0 Å². The largest absolute Gasteiger partial charge is 0.292 e. The summed E-state index contributed by atoms with van der Waals surface area (Å²) in [4.78, 5) is 4.57. The van der Waals surface area contributed by atoms with Crippen molar-refractivity contribution in [2.24, 2.45) is 0 Å². The molecule has 0 fully saturated rings. The van der Waals surface area contributed by atoms with Crippen LogP contribution >= 0.6 is 11.6 Å². The van der Waals surface area contributed by atoms with Crippen LogP contribution in [0.5, 0.6) is 0 Å². The molecule has 0 amide bonds. The normalized spacial score (nSPS) is 11.3. The Morgan fingerprint density at radius 1 is 1.13 bits per heavy atom. The number of nitrogens with zero attached hydrogens (tertiary/aromatic N) is 2. The summed E-state index contributed by atoms with van der Waals surface area (Å²) >= 11 is 5.96. The van der Waals surface area contributed by atoms with Gasteiger partial charge in [-0.15, -0.1) is 5.54 Å². The fraction of sp³-hybridized carbons (Fsp3) is 0.167. The van der Waals surface area contributed by atoms with Crippen LogP contribution in [0.25, 0.3) is 16.9 Å². The van der Waals surface area contributed by atoms with Crippen molar-refractivity contribution in [1.82, 2.24) is 9.38 Å². The van der Waals surface area contributed by atoms with Gasteiger partial charge >= 0.3 is 0 Å². The molecular weight excluding hydrogens is 327 g/mol. The van der Waals surface area contributed by atoms with Crippen molar-refractivity contribution < 1.29 is 4.39 Å². The van der Waals surface area contributed by atoms with E-state index in [0.29, 0.717) is 10.7 Å². The van der Waals surface area contributed by atoms with E-state index in [1.807, 2.05) is 28.7 Å². The maximum atomic E-state index is 13.5. The lowest BCUT2D eigenvalue weighted by Crippen LogP contribution is -2.16. The molecule has 23 heavy (non-hydrogen) atoms. The Morgan fingerprint density at radius 2 is 1.83 bits per heavy atom. The Bertz CT molecular complexity index is 928. The SMILES string of the molecule is C[Si](C)(C)C#Cc1c(-c2ccc(Cl)cc2)nc2cc(F)ccn12. The number of fused-ring (bicyclic) bond motifs is 1. The highest BCUT2D eigenvalue weighted by Crippen LogP contribution is 2.25. The minimum absolute atomic E-state index is 0.310. The third-order valence-electron chi connectivity index (χ3n) is 3.26. The first-order valence-electron chi connectivity index (χ1n) is 7.30. The van der Waals surface area contributed by atoms with Crippen molar-refractivity contribution in [2.45, 2.75) is 19.6 Å². The molecule has 3 rings (SSSR count). The van der Waals surface area contributed by atoms with Gasteiger partial charge < -0.3 is 0 Å². The Morgan fingerprint density at radius 3 is 2.48 bits per heavy atom. The number of benzene rings is 1. The van der Waals surface area contributed by atoms with Crippen molar-refractivity contribution in [3.63, 3.8) is 0 Å². The van der Waals surface area contributed by atoms with E-state index in [1.165, 1.54) is 12.1 Å². The molecule has 2 aromatic heterocycles. The molecule has 0 bridgehead atoms. The predicted octanol–water partition coefficient (Wildman–Crippen LogP) is 5.02. The van der Waals surface area contributed by atoms with Gasteiger partial charge in [0.25, 0.3) is 0 Å². The van der Waals surface area contributed by atoms with Gasteiger partial charge in [-0.2, -0.15) is 0 Å². The molecule has 116 valence electrons. The highest BCUT2D eigenvalue weighted by Gasteiger charge is 2.14. The van der Waals surface area contributed by atoms with Crippen LogP contribution in [-0.2, 0) is 0 Å². The van der Waals surface area contributed by atoms with E-state index in [2.05, 4.69) is 36.1 Å². The zero-order valence-electron chi connectivity index (χ0n) is 13.2. The van der Waals surface area contributed by atoms with Gasteiger partial charge in [-0.3, -0.25) is 4.40 Å². The van der Waals surface area contributed by atoms with E-state index < -0.39 is 8.07 Å². The van der Waals surface area contributed by atoms with Gasteiger partial charge in [-0.1, -0.05) is 49.3 Å². The van der Waals surface area contributed by atoms with Crippen LogP contribution in [0, 0.1) is 17.3 Å². The van der Waals surface area contributed by atoms with E-state index in [1.54, 1.807) is 6.20 Å². The molecule has 0 saturated heterocycles. The summed E-state index contributed by atoms with van der Waals surface area (Å²) in [6.07, 6.45) is 1.67. The Balaban J connectivity index is 2.26. The Hall–Kier alpha value is -2.09. The zero-order valence-corrected chi connectivity index (χ0v) is 14.9. The molecule has 3 aromatic rings. The maximum absolute atomic E-state index is 13.5. The van der Waals surface area contributed by atoms with Crippen molar-refractivity contribution >= 4 is 25.3 Å². The number of pyridine rings is 1. The van der Waals surface area contributed by atoms with Crippen LogP contribution in [0.3, 0.4) is 0 Å². The molecule has 0 radical (unpaired) electrons. The molecule has 5 heteroatoms. The summed E-state index contributed by atoms with van der Waals surface area (Å²) in [5.74, 6) is 2.96. The number of rotatable bonds is 1. The molecule has 0 aliphatic heterocycles. The molecule has 0 N–H and O–H groups in total. The zero-order chi connectivity index (χ0) is 16.6. The van der Waals surface area contributed by atoms with Crippen LogP contribution in [0.15, 0.2) is 42.6 Å². The fourth-order valence-corrected chi connectivity index (χ4v) is 2.81. The monoisotopic (exact) mass is 342 g/mol. The quantitative estimate of drug-likeness (QED) is 0.448. The van der Waals surface area contributed by atoms with E-state index in [-0.39, 0.29) is 5.82 Å². The third kappa shape index (κ3) is 3.47. The molecule has 0 aliphatic carbocycles. The average molecular weight is 343 g/mol. The summed E-state index contributed by atoms with van der Waals surface area (Å²) < 4.78 is 15.3. The topological polar surface area (TPSA) is 17.3 Å². The van der Waals surface area contributed by atoms with Crippen molar-refractivity contribution in [3.05, 3.63) is 59.1 Å². The van der Waals surface area contributed by atoms with Gasteiger partial charge in [0.05, 0.1) is 0 Å². The second-order valence-corrected chi connectivity index (χ2v) is 11.6. The van der Waals surface area contributed by atoms with Gasteiger partial charge in [0, 0.05) is 22.8 Å². The van der Waals surface area contributed by atoms with Gasteiger partial charge in [0.1, 0.15) is 30.9 Å². The standard InChI is InChI=1S/C18H16ClFN2Si/c1-23(2,3)11-9-16-18(13-4-6-14(19)7-5-13)21-17-12-15(20)8-10-22(16)17/h4-8,10,12H,1-3H3. The van der Waals surface area contributed by atoms with Gasteiger partial charge in [-0.05, 0) is 18.2 Å². The van der Waals surface area contributed by atoms with Gasteiger partial charge in [-0.25, -0.2) is 9.37 Å². The predicted molar refractivity (Wildman–Crippen MR) is 95.8 cm³/mol. The summed E-state index contributed by atoms with van der Waals surface area (Å²) in [5, 5.41) is 0.665. The summed E-state index contributed by atoms with van der Waals surface area (Å²) in [6.45, 7) is 6.56. The lowest BCUT2D eigenvalue weighted by atomic mass is 10.1. The Labute approximate surface area is 141 Å². The minimum atomic E-state index is -1.54. The number of aromatic nitrogens is 2. The third-order valence-corrected chi connectivity index (χ3v) is 4.39. The van der Waals surface area contributed by atoms with Crippen LogP contribution < -0.4 is 0 Å². The summed E-state index contributed by atoms with van der Waals surface area (Å²) in [7, 11) is -1.54. The molecule has 2 heterocycles. The van der Waals surface area contributed by atoms with Crippen LogP contribution in [0.1, 0.15) is 5.69 Å². The highest BCUT2D eigenvalue weighted by molar-refractivity contribution is 6.83. The second kappa shape index (κ2) is 5.84. The number of imidazole rings is 1. The first-order chi connectivity index (χ1) is 10.8. The fourth-order valence-electron chi connectivity index (χ4n) is 2.20. The number of halogens is 2. The molecule has 0 aliphatic rings. The number of hydrogen-bond donors (Lipinski definition) is 0. The first-order valence-corrected chi connectivity index (χ1v) is 11.2. The second-order valence-electron chi connectivity index (χ2n) is 6.39. The smallest absolute Gasteiger partial charge is 0.141 e. The molecular formula is C18H16ClFN2Si. The van der Waals surface area contributed by atoms with E-state index >= 15 is 0 Å².